The number of nitrogens with zero attached hydrogens (tertiary/aromatic N) is 2. The number of aryl methyl sites for hydroxylation is 1. The molecule has 1 aliphatic rings. The highest BCUT2D eigenvalue weighted by Gasteiger charge is 2.26. The van der Waals surface area contributed by atoms with Gasteiger partial charge in [0.25, 0.3) is 0 Å². The van der Waals surface area contributed by atoms with E-state index in [1.165, 1.54) is 17.3 Å². The molecule has 0 amide bonds. The summed E-state index contributed by atoms with van der Waals surface area (Å²) in [6.07, 6.45) is 0. The molecule has 0 aliphatic carbocycles. The van der Waals surface area contributed by atoms with Crippen LogP contribution in [0.15, 0.2) is 23.2 Å². The van der Waals surface area contributed by atoms with Crippen molar-refractivity contribution >= 4 is 44.3 Å². The lowest BCUT2D eigenvalue weighted by atomic mass is 10.2. The largest absolute Gasteiger partial charge is 0.480 e. The van der Waals surface area contributed by atoms with Crippen LogP contribution in [0, 0.1) is 6.92 Å². The molecule has 0 spiro atoms. The second kappa shape index (κ2) is 4.37. The van der Waals surface area contributed by atoms with Crippen molar-refractivity contribution in [2.45, 2.75) is 13.0 Å². The van der Waals surface area contributed by atoms with Crippen molar-refractivity contribution < 1.29 is 9.90 Å². The highest BCUT2D eigenvalue weighted by molar-refractivity contribution is 8.15. The van der Waals surface area contributed by atoms with Crippen molar-refractivity contribution in [3.8, 4) is 0 Å². The second-order valence-corrected chi connectivity index (χ2v) is 6.13. The number of carboxylic acid groups (broad SMARTS) is 1. The zero-order valence-electron chi connectivity index (χ0n) is 9.58. The van der Waals surface area contributed by atoms with Crippen LogP contribution in [0.25, 0.3) is 10.2 Å². The fourth-order valence-corrected chi connectivity index (χ4v) is 3.90. The minimum absolute atomic E-state index is 0.500. The fraction of sp³-hybridized carbons (Fsp3) is 0.250. The molecule has 0 unspecified atom stereocenters. The van der Waals surface area contributed by atoms with Gasteiger partial charge in [-0.1, -0.05) is 6.07 Å². The Labute approximate surface area is 112 Å². The number of fused-ring (bicyclic) bond motifs is 1. The molecule has 3 rings (SSSR count). The predicted molar refractivity (Wildman–Crippen MR) is 74.8 cm³/mol. The number of carboxylic acids is 1. The molecule has 1 aliphatic heterocycles. The first-order valence-corrected chi connectivity index (χ1v) is 7.24. The Morgan fingerprint density at radius 2 is 2.33 bits per heavy atom. The maximum atomic E-state index is 10.9. The summed E-state index contributed by atoms with van der Waals surface area (Å²) >= 11 is 3.04. The molecule has 1 aromatic heterocycles. The Balaban J connectivity index is 2.00. The molecule has 0 saturated carbocycles. The molecule has 18 heavy (non-hydrogen) atoms. The van der Waals surface area contributed by atoms with Gasteiger partial charge < -0.3 is 5.11 Å². The molecule has 2 heterocycles. The zero-order valence-corrected chi connectivity index (χ0v) is 11.2. The Kier molecular flexibility index (Phi) is 2.83. The number of aromatic nitrogens is 1. The van der Waals surface area contributed by atoms with Crippen molar-refractivity contribution in [2.75, 3.05) is 5.75 Å². The Morgan fingerprint density at radius 1 is 1.50 bits per heavy atom. The van der Waals surface area contributed by atoms with Crippen LogP contribution >= 0.6 is 23.1 Å². The Hall–Kier alpha value is -1.40. The molecular weight excluding hydrogens is 268 g/mol. The van der Waals surface area contributed by atoms with Gasteiger partial charge in [0, 0.05) is 5.75 Å². The molecule has 0 radical (unpaired) electrons. The van der Waals surface area contributed by atoms with E-state index in [9.17, 15) is 4.79 Å². The lowest BCUT2D eigenvalue weighted by Crippen LogP contribution is -2.17. The van der Waals surface area contributed by atoms with E-state index in [-0.39, 0.29) is 0 Å². The van der Waals surface area contributed by atoms with Gasteiger partial charge in [0.05, 0.1) is 10.2 Å². The summed E-state index contributed by atoms with van der Waals surface area (Å²) in [4.78, 5) is 19.6. The van der Waals surface area contributed by atoms with Gasteiger partial charge in [-0.25, -0.2) is 9.78 Å². The smallest absolute Gasteiger partial charge is 0.329 e. The van der Waals surface area contributed by atoms with Gasteiger partial charge in [0.1, 0.15) is 10.1 Å². The Bertz CT molecular complexity index is 663. The van der Waals surface area contributed by atoms with Crippen LogP contribution in [0.5, 0.6) is 0 Å². The van der Waals surface area contributed by atoms with Crippen molar-refractivity contribution in [2.24, 2.45) is 4.99 Å². The number of rotatable bonds is 2. The van der Waals surface area contributed by atoms with Crippen LogP contribution in [0.3, 0.4) is 0 Å². The third-order valence-corrected chi connectivity index (χ3v) is 4.87. The third-order valence-electron chi connectivity index (χ3n) is 2.66. The highest BCUT2D eigenvalue weighted by Crippen LogP contribution is 2.30. The summed E-state index contributed by atoms with van der Waals surface area (Å²) in [6.45, 7) is 2.04. The molecule has 0 fully saturated rings. The first-order valence-electron chi connectivity index (χ1n) is 5.44. The fourth-order valence-electron chi connectivity index (χ4n) is 1.74. The summed E-state index contributed by atoms with van der Waals surface area (Å²) < 4.78 is 1.12. The van der Waals surface area contributed by atoms with E-state index in [2.05, 4.69) is 16.0 Å². The number of benzene rings is 1. The van der Waals surface area contributed by atoms with Crippen LogP contribution in [0.4, 0.5) is 0 Å². The zero-order chi connectivity index (χ0) is 12.7. The van der Waals surface area contributed by atoms with E-state index in [1.54, 1.807) is 11.3 Å². The van der Waals surface area contributed by atoms with Crippen LogP contribution in [-0.4, -0.2) is 32.9 Å². The normalized spacial score (nSPS) is 19.2. The Morgan fingerprint density at radius 3 is 3.06 bits per heavy atom. The summed E-state index contributed by atoms with van der Waals surface area (Å²) in [7, 11) is 0. The predicted octanol–water partition coefficient (Wildman–Crippen LogP) is 2.55. The number of aliphatic carboxylic acids is 1. The SMILES string of the molecule is Cc1ccc2nc(C3=N[C@@H](C(=O)O)CS3)sc2c1. The first kappa shape index (κ1) is 11.7. The minimum atomic E-state index is -0.866. The van der Waals surface area contributed by atoms with Gasteiger partial charge in [-0.05, 0) is 24.6 Å². The third kappa shape index (κ3) is 2.02. The van der Waals surface area contributed by atoms with E-state index in [1.807, 2.05) is 19.1 Å². The number of hydrogen-bond acceptors (Lipinski definition) is 5. The lowest BCUT2D eigenvalue weighted by molar-refractivity contribution is -0.137. The van der Waals surface area contributed by atoms with E-state index >= 15 is 0 Å². The van der Waals surface area contributed by atoms with Gasteiger partial charge in [-0.2, -0.15) is 0 Å². The van der Waals surface area contributed by atoms with Crippen LogP contribution in [0.2, 0.25) is 0 Å². The number of aliphatic imine (C=N–C) groups is 1. The van der Waals surface area contributed by atoms with Gasteiger partial charge in [-0.3, -0.25) is 4.99 Å². The van der Waals surface area contributed by atoms with Gasteiger partial charge in [-0.15, -0.1) is 23.1 Å². The maximum absolute atomic E-state index is 10.9. The second-order valence-electron chi connectivity index (χ2n) is 4.09. The molecule has 6 heteroatoms. The van der Waals surface area contributed by atoms with Crippen LogP contribution in [-0.2, 0) is 4.79 Å². The molecule has 1 N–H and O–H groups in total. The molecule has 0 saturated heterocycles. The average molecular weight is 278 g/mol. The van der Waals surface area contributed by atoms with Crippen molar-refractivity contribution in [3.05, 3.63) is 28.8 Å². The van der Waals surface area contributed by atoms with Crippen molar-refractivity contribution in [1.82, 2.24) is 4.98 Å². The number of thioether (sulfide) groups is 1. The van der Waals surface area contributed by atoms with Crippen LogP contribution < -0.4 is 0 Å². The summed E-state index contributed by atoms with van der Waals surface area (Å²) in [6, 6.07) is 5.47. The van der Waals surface area contributed by atoms with E-state index in [4.69, 9.17) is 5.11 Å². The quantitative estimate of drug-likeness (QED) is 0.917. The summed E-state index contributed by atoms with van der Waals surface area (Å²) in [5.74, 6) is -0.367. The molecular formula is C12H10N2O2S2. The van der Waals surface area contributed by atoms with Crippen LogP contribution in [0.1, 0.15) is 10.6 Å². The standard InChI is InChI=1S/C12H10N2O2S2/c1-6-2-3-7-9(4-6)18-11(13-7)10-14-8(5-17-10)12(15)16/h2-4,8H,5H2,1H3,(H,15,16)/t8-/m1/s1. The number of hydrogen-bond donors (Lipinski definition) is 1. The monoisotopic (exact) mass is 278 g/mol. The lowest BCUT2D eigenvalue weighted by Gasteiger charge is -1.93. The molecule has 0 bridgehead atoms. The van der Waals surface area contributed by atoms with Gasteiger partial charge in [0.15, 0.2) is 6.04 Å². The van der Waals surface area contributed by atoms with Gasteiger partial charge >= 0.3 is 5.97 Å². The molecule has 2 aromatic rings. The first-order chi connectivity index (χ1) is 8.63. The molecule has 1 atom stereocenters. The molecule has 4 nitrogen and oxygen atoms in total. The summed E-state index contributed by atoms with van der Waals surface area (Å²) in [5.41, 5.74) is 2.14. The maximum Gasteiger partial charge on any atom is 0.329 e. The van der Waals surface area contributed by atoms with E-state index in [0.29, 0.717) is 5.75 Å². The van der Waals surface area contributed by atoms with Gasteiger partial charge in [0.2, 0.25) is 0 Å². The van der Waals surface area contributed by atoms with Crippen molar-refractivity contribution in [1.29, 1.82) is 0 Å². The summed E-state index contributed by atoms with van der Waals surface area (Å²) in [5, 5.41) is 10.5. The van der Waals surface area contributed by atoms with E-state index in [0.717, 1.165) is 20.3 Å². The molecule has 92 valence electrons. The number of thiazole rings is 1. The molecule has 1 aromatic carbocycles. The average Bonchev–Trinajstić information content (AvgIpc) is 2.93. The van der Waals surface area contributed by atoms with Crippen molar-refractivity contribution in [3.63, 3.8) is 0 Å². The number of carbonyl (C=O) groups is 1. The highest BCUT2D eigenvalue weighted by atomic mass is 32.2. The minimum Gasteiger partial charge on any atom is -0.480 e. The topological polar surface area (TPSA) is 62.5 Å². The van der Waals surface area contributed by atoms with E-state index < -0.39 is 12.0 Å².